The van der Waals surface area contributed by atoms with E-state index in [9.17, 15) is 18.0 Å². The van der Waals surface area contributed by atoms with E-state index >= 15 is 0 Å². The van der Waals surface area contributed by atoms with Crippen LogP contribution in [0.2, 0.25) is 0 Å². The number of halogens is 4. The van der Waals surface area contributed by atoms with Crippen LogP contribution in [0.15, 0.2) is 24.3 Å². The first-order valence-electron chi connectivity index (χ1n) is 6.70. The third-order valence-corrected chi connectivity index (χ3v) is 4.60. The van der Waals surface area contributed by atoms with E-state index in [0.29, 0.717) is 12.8 Å². The van der Waals surface area contributed by atoms with Crippen molar-refractivity contribution >= 4 is 28.4 Å². The third-order valence-electron chi connectivity index (χ3n) is 3.88. The van der Waals surface area contributed by atoms with Crippen LogP contribution in [0.25, 0.3) is 0 Å². The van der Waals surface area contributed by atoms with Gasteiger partial charge in [0.25, 0.3) is 0 Å². The highest BCUT2D eigenvalue weighted by Gasteiger charge is 2.43. The smallest absolute Gasteiger partial charge is 0.299 e. The first kappa shape index (κ1) is 15.8. The van der Waals surface area contributed by atoms with Gasteiger partial charge in [-0.1, -0.05) is 18.6 Å². The zero-order valence-corrected chi connectivity index (χ0v) is 13.1. The summed E-state index contributed by atoms with van der Waals surface area (Å²) >= 11 is 2.17. The molecule has 0 bridgehead atoms. The molecule has 0 aromatic heterocycles. The summed E-state index contributed by atoms with van der Waals surface area (Å²) in [5, 5.41) is 0. The molecule has 20 heavy (non-hydrogen) atoms. The summed E-state index contributed by atoms with van der Waals surface area (Å²) in [6.07, 6.45) is -2.71. The molecule has 2 unspecified atom stereocenters. The quantitative estimate of drug-likeness (QED) is 0.673. The van der Waals surface area contributed by atoms with Crippen molar-refractivity contribution in [3.8, 4) is 0 Å². The minimum absolute atomic E-state index is 0.0350. The van der Waals surface area contributed by atoms with Gasteiger partial charge in [-0.3, -0.25) is 4.79 Å². The van der Waals surface area contributed by atoms with Gasteiger partial charge < -0.3 is 0 Å². The number of hydrogen-bond donors (Lipinski definition) is 0. The maximum absolute atomic E-state index is 12.7. The number of ketones is 1. The molecule has 2 atom stereocenters. The summed E-state index contributed by atoms with van der Waals surface area (Å²) in [5.74, 6) is -1.79. The number of carbonyl (C=O) groups is 1. The van der Waals surface area contributed by atoms with Gasteiger partial charge in [-0.15, -0.1) is 0 Å². The Morgan fingerprint density at radius 2 is 1.85 bits per heavy atom. The lowest BCUT2D eigenvalue weighted by molar-refractivity contribution is -0.186. The van der Waals surface area contributed by atoms with E-state index in [4.69, 9.17) is 0 Å². The molecule has 0 aliphatic heterocycles. The number of alkyl halides is 3. The highest BCUT2D eigenvalue weighted by Crippen LogP contribution is 2.40. The van der Waals surface area contributed by atoms with Crippen LogP contribution in [0.3, 0.4) is 0 Å². The van der Waals surface area contributed by atoms with Gasteiger partial charge in [0.05, 0.1) is 5.92 Å². The third kappa shape index (κ3) is 4.20. The van der Waals surface area contributed by atoms with Crippen LogP contribution < -0.4 is 0 Å². The van der Waals surface area contributed by atoms with Crippen LogP contribution in [0.1, 0.15) is 31.2 Å². The van der Waals surface area contributed by atoms with Gasteiger partial charge >= 0.3 is 6.18 Å². The normalized spacial score (nSPS) is 23.6. The van der Waals surface area contributed by atoms with Crippen LogP contribution >= 0.6 is 22.6 Å². The summed E-state index contributed by atoms with van der Waals surface area (Å²) < 4.78 is 39.3. The molecule has 5 heteroatoms. The fraction of sp³-hybridized carbons (Fsp3) is 0.533. The topological polar surface area (TPSA) is 17.1 Å². The predicted molar refractivity (Wildman–Crippen MR) is 79.4 cm³/mol. The minimum Gasteiger partial charge on any atom is -0.299 e. The molecular weight excluding hydrogens is 380 g/mol. The largest absolute Gasteiger partial charge is 0.391 e. The highest BCUT2D eigenvalue weighted by atomic mass is 127. The zero-order valence-electron chi connectivity index (χ0n) is 10.9. The number of carbonyl (C=O) groups excluding carboxylic acids is 1. The van der Waals surface area contributed by atoms with Gasteiger partial charge in [-0.05, 0) is 59.5 Å². The van der Waals surface area contributed by atoms with Crippen molar-refractivity contribution in [2.24, 2.45) is 11.8 Å². The maximum Gasteiger partial charge on any atom is 0.391 e. The number of benzene rings is 1. The Hall–Kier alpha value is -0.590. The highest BCUT2D eigenvalue weighted by molar-refractivity contribution is 14.1. The van der Waals surface area contributed by atoms with E-state index in [1.54, 1.807) is 0 Å². The molecule has 1 aliphatic carbocycles. The molecular formula is C15H16F3IO. The van der Waals surface area contributed by atoms with Crippen LogP contribution in [0.4, 0.5) is 13.2 Å². The summed E-state index contributed by atoms with van der Waals surface area (Å²) in [6.45, 7) is 0. The summed E-state index contributed by atoms with van der Waals surface area (Å²) in [5.41, 5.74) is 0.879. The Kier molecular flexibility index (Phi) is 5.09. The SMILES string of the molecule is O=C(Cc1ccc(I)cc1)C1CCCC(C(F)(F)F)C1. The first-order chi connectivity index (χ1) is 9.36. The van der Waals surface area contributed by atoms with Crippen molar-refractivity contribution < 1.29 is 18.0 Å². The van der Waals surface area contributed by atoms with E-state index in [-0.39, 0.29) is 25.0 Å². The number of hydrogen-bond acceptors (Lipinski definition) is 1. The molecule has 0 radical (unpaired) electrons. The molecule has 0 amide bonds. The van der Waals surface area contributed by atoms with Gasteiger partial charge in [-0.25, -0.2) is 0 Å². The number of rotatable bonds is 3. The van der Waals surface area contributed by atoms with Crippen LogP contribution in [0, 0.1) is 15.4 Å². The monoisotopic (exact) mass is 396 g/mol. The fourth-order valence-electron chi connectivity index (χ4n) is 2.73. The Balaban J connectivity index is 1.97. The lowest BCUT2D eigenvalue weighted by atomic mass is 9.78. The van der Waals surface area contributed by atoms with Gasteiger partial charge in [-0.2, -0.15) is 13.2 Å². The summed E-state index contributed by atoms with van der Waals surface area (Å²) in [7, 11) is 0. The van der Waals surface area contributed by atoms with Gasteiger partial charge in [0, 0.05) is 15.9 Å². The molecule has 0 heterocycles. The summed E-state index contributed by atoms with van der Waals surface area (Å²) in [4.78, 5) is 12.2. The Morgan fingerprint density at radius 3 is 2.45 bits per heavy atom. The lowest BCUT2D eigenvalue weighted by Crippen LogP contribution is -2.32. The molecule has 1 aromatic carbocycles. The van der Waals surface area contributed by atoms with Crippen molar-refractivity contribution in [1.82, 2.24) is 0 Å². The second-order valence-corrected chi connectivity index (χ2v) is 6.62. The molecule has 1 nitrogen and oxygen atoms in total. The van der Waals surface area contributed by atoms with Gasteiger partial charge in [0.15, 0.2) is 0 Å². The van der Waals surface area contributed by atoms with Crippen LogP contribution in [0.5, 0.6) is 0 Å². The van der Waals surface area contributed by atoms with Crippen molar-refractivity contribution in [2.75, 3.05) is 0 Å². The van der Waals surface area contributed by atoms with Crippen molar-refractivity contribution in [3.63, 3.8) is 0 Å². The minimum atomic E-state index is -4.16. The average Bonchev–Trinajstić information content (AvgIpc) is 2.40. The van der Waals surface area contributed by atoms with E-state index in [1.165, 1.54) is 0 Å². The molecule has 0 N–H and O–H groups in total. The Bertz CT molecular complexity index is 467. The Morgan fingerprint density at radius 1 is 1.20 bits per heavy atom. The van der Waals surface area contributed by atoms with E-state index in [0.717, 1.165) is 9.13 Å². The fourth-order valence-corrected chi connectivity index (χ4v) is 3.09. The van der Waals surface area contributed by atoms with Crippen molar-refractivity contribution in [1.29, 1.82) is 0 Å². The van der Waals surface area contributed by atoms with E-state index in [2.05, 4.69) is 22.6 Å². The molecule has 1 saturated carbocycles. The van der Waals surface area contributed by atoms with E-state index < -0.39 is 18.0 Å². The second kappa shape index (κ2) is 6.45. The molecule has 0 saturated heterocycles. The standard InChI is InChI=1S/C15H16F3IO/c16-15(17,18)12-3-1-2-11(9-12)14(20)8-10-4-6-13(19)7-5-10/h4-7,11-12H,1-3,8-9H2. The van der Waals surface area contributed by atoms with Gasteiger partial charge in [0.1, 0.15) is 5.78 Å². The zero-order chi connectivity index (χ0) is 14.8. The molecule has 110 valence electrons. The molecule has 2 rings (SSSR count). The molecule has 0 spiro atoms. The molecule has 1 fully saturated rings. The molecule has 1 aromatic rings. The Labute approximate surface area is 130 Å². The number of Topliss-reactive ketones (excluding diaryl/α,β-unsaturated/α-hetero) is 1. The lowest BCUT2D eigenvalue weighted by Gasteiger charge is -2.29. The van der Waals surface area contributed by atoms with Crippen molar-refractivity contribution in [3.05, 3.63) is 33.4 Å². The predicted octanol–water partition coefficient (Wildman–Crippen LogP) is 4.77. The van der Waals surface area contributed by atoms with Crippen LogP contribution in [-0.2, 0) is 11.2 Å². The van der Waals surface area contributed by atoms with Gasteiger partial charge in [0.2, 0.25) is 0 Å². The maximum atomic E-state index is 12.7. The van der Waals surface area contributed by atoms with E-state index in [1.807, 2.05) is 24.3 Å². The average molecular weight is 396 g/mol. The first-order valence-corrected chi connectivity index (χ1v) is 7.78. The van der Waals surface area contributed by atoms with Crippen molar-refractivity contribution in [2.45, 2.75) is 38.3 Å². The molecule has 1 aliphatic rings. The van der Waals surface area contributed by atoms with Crippen LogP contribution in [-0.4, -0.2) is 12.0 Å². The second-order valence-electron chi connectivity index (χ2n) is 5.37. The summed E-state index contributed by atoms with van der Waals surface area (Å²) in [6, 6.07) is 7.54.